The molecule has 0 spiro atoms. The van der Waals surface area contributed by atoms with E-state index in [1.165, 1.54) is 5.56 Å². The van der Waals surface area contributed by atoms with Crippen molar-refractivity contribution in [1.29, 1.82) is 0 Å². The molecule has 1 aliphatic rings. The van der Waals surface area contributed by atoms with Crippen molar-refractivity contribution < 1.29 is 14.3 Å². The van der Waals surface area contributed by atoms with Gasteiger partial charge in [0.15, 0.2) is 0 Å². The number of ketones is 1. The molecule has 4 heteroatoms. The lowest BCUT2D eigenvalue weighted by atomic mass is 10.1. The first-order valence-corrected chi connectivity index (χ1v) is 8.62. The summed E-state index contributed by atoms with van der Waals surface area (Å²) < 4.78 is 11.6. The lowest BCUT2D eigenvalue weighted by Crippen LogP contribution is -2.45. The molecule has 1 saturated heterocycles. The zero-order valence-electron chi connectivity index (χ0n) is 14.6. The molecule has 0 amide bonds. The summed E-state index contributed by atoms with van der Waals surface area (Å²) in [4.78, 5) is 13.4. The summed E-state index contributed by atoms with van der Waals surface area (Å²) in [6.07, 6.45) is 3.08. The fourth-order valence-electron chi connectivity index (χ4n) is 3.02. The van der Waals surface area contributed by atoms with Crippen LogP contribution >= 0.6 is 0 Å². The summed E-state index contributed by atoms with van der Waals surface area (Å²) in [5, 5.41) is 0. The minimum Gasteiger partial charge on any atom is -0.494 e. The average Bonchev–Trinajstić information content (AvgIpc) is 2.50. The molecule has 1 heterocycles. The lowest BCUT2D eigenvalue weighted by molar-refractivity contribution is -0.116. The molecule has 0 aromatic heterocycles. The number of morpholine rings is 1. The number of ether oxygens (including phenoxy) is 2. The molecule has 0 bridgehead atoms. The predicted molar refractivity (Wildman–Crippen MR) is 92.0 cm³/mol. The van der Waals surface area contributed by atoms with Crippen molar-refractivity contribution in [3.8, 4) is 5.75 Å². The number of aryl methyl sites for hydroxylation is 1. The zero-order chi connectivity index (χ0) is 16.7. The van der Waals surface area contributed by atoms with Crippen LogP contribution in [-0.4, -0.2) is 49.1 Å². The topological polar surface area (TPSA) is 38.8 Å². The highest BCUT2D eigenvalue weighted by Gasteiger charge is 2.21. The highest BCUT2D eigenvalue weighted by atomic mass is 16.5. The van der Waals surface area contributed by atoms with Crippen molar-refractivity contribution in [2.75, 3.05) is 26.2 Å². The number of carbonyl (C=O) groups excluding carboxylic acids is 1. The van der Waals surface area contributed by atoms with E-state index in [4.69, 9.17) is 9.47 Å². The molecule has 4 nitrogen and oxygen atoms in total. The number of hydrogen-bond donors (Lipinski definition) is 0. The normalized spacial score (nSPS) is 22.0. The van der Waals surface area contributed by atoms with Crippen LogP contribution in [0.15, 0.2) is 24.3 Å². The van der Waals surface area contributed by atoms with E-state index in [2.05, 4.69) is 18.7 Å². The minimum absolute atomic E-state index is 0.233. The molecule has 0 saturated carbocycles. The van der Waals surface area contributed by atoms with Crippen molar-refractivity contribution in [3.05, 3.63) is 29.8 Å². The number of carbonyl (C=O) groups is 1. The number of hydrogen-bond acceptors (Lipinski definition) is 4. The summed E-state index contributed by atoms with van der Waals surface area (Å²) in [7, 11) is 0. The molecule has 0 unspecified atom stereocenters. The summed E-state index contributed by atoms with van der Waals surface area (Å²) in [5.41, 5.74) is 1.18. The maximum atomic E-state index is 11.0. The molecule has 2 atom stereocenters. The van der Waals surface area contributed by atoms with Crippen LogP contribution in [0.2, 0.25) is 0 Å². The van der Waals surface area contributed by atoms with E-state index in [9.17, 15) is 4.79 Å². The number of Topliss-reactive ketones (excluding diaryl/α,β-unsaturated/α-hetero) is 1. The molecular weight excluding hydrogens is 290 g/mol. The third-order valence-electron chi connectivity index (χ3n) is 4.07. The first-order chi connectivity index (χ1) is 11.0. The van der Waals surface area contributed by atoms with Gasteiger partial charge in [-0.3, -0.25) is 4.90 Å². The second-order valence-corrected chi connectivity index (χ2v) is 6.56. The van der Waals surface area contributed by atoms with E-state index in [1.807, 2.05) is 24.3 Å². The average molecular weight is 319 g/mol. The van der Waals surface area contributed by atoms with E-state index >= 15 is 0 Å². The van der Waals surface area contributed by atoms with Crippen LogP contribution in [0.1, 0.15) is 39.2 Å². The molecule has 1 fully saturated rings. The number of rotatable bonds is 8. The van der Waals surface area contributed by atoms with E-state index in [-0.39, 0.29) is 5.78 Å². The van der Waals surface area contributed by atoms with E-state index in [0.29, 0.717) is 18.6 Å². The molecule has 128 valence electrons. The van der Waals surface area contributed by atoms with Gasteiger partial charge in [0.2, 0.25) is 0 Å². The van der Waals surface area contributed by atoms with E-state index in [0.717, 1.165) is 44.8 Å². The van der Waals surface area contributed by atoms with Crippen molar-refractivity contribution in [2.45, 2.75) is 52.2 Å². The van der Waals surface area contributed by atoms with Gasteiger partial charge in [0.05, 0.1) is 18.8 Å². The highest BCUT2D eigenvalue weighted by Crippen LogP contribution is 2.14. The number of benzene rings is 1. The van der Waals surface area contributed by atoms with Gasteiger partial charge < -0.3 is 14.3 Å². The lowest BCUT2D eigenvalue weighted by Gasteiger charge is -2.35. The SMILES string of the molecule is CC(=O)CCc1ccc(OCCCN2C[C@@H](C)O[C@H](C)C2)cc1. The molecule has 1 aromatic rings. The molecule has 0 radical (unpaired) electrons. The van der Waals surface area contributed by atoms with Gasteiger partial charge in [0.1, 0.15) is 11.5 Å². The molecule has 23 heavy (non-hydrogen) atoms. The summed E-state index contributed by atoms with van der Waals surface area (Å²) in [6.45, 7) is 9.69. The molecule has 0 aliphatic carbocycles. The minimum atomic E-state index is 0.233. The fraction of sp³-hybridized carbons (Fsp3) is 0.632. The maximum absolute atomic E-state index is 11.0. The Labute approximate surface area is 139 Å². The van der Waals surface area contributed by atoms with Crippen LogP contribution in [0.3, 0.4) is 0 Å². The number of nitrogens with zero attached hydrogens (tertiary/aromatic N) is 1. The largest absolute Gasteiger partial charge is 0.494 e. The summed E-state index contributed by atoms with van der Waals surface area (Å²) in [6, 6.07) is 8.08. The smallest absolute Gasteiger partial charge is 0.130 e. The Kier molecular flexibility index (Phi) is 7.06. The second-order valence-electron chi connectivity index (χ2n) is 6.56. The molecular formula is C19H29NO3. The van der Waals surface area contributed by atoms with Gasteiger partial charge in [-0.1, -0.05) is 12.1 Å². The van der Waals surface area contributed by atoms with Crippen LogP contribution in [0.5, 0.6) is 5.75 Å². The quantitative estimate of drug-likeness (QED) is 0.690. The standard InChI is InChI=1S/C19H29NO3/c1-15(21)5-6-18-7-9-19(10-8-18)22-12-4-11-20-13-16(2)23-17(3)14-20/h7-10,16-17H,4-6,11-14H2,1-3H3/t16-,17-/m1/s1. The van der Waals surface area contributed by atoms with Crippen molar-refractivity contribution in [2.24, 2.45) is 0 Å². The van der Waals surface area contributed by atoms with Crippen LogP contribution in [-0.2, 0) is 16.0 Å². The molecule has 2 rings (SSSR count). The van der Waals surface area contributed by atoms with E-state index < -0.39 is 0 Å². The molecule has 1 aliphatic heterocycles. The zero-order valence-corrected chi connectivity index (χ0v) is 14.6. The first-order valence-electron chi connectivity index (χ1n) is 8.62. The summed E-state index contributed by atoms with van der Waals surface area (Å²) in [5.74, 6) is 1.14. The van der Waals surface area contributed by atoms with Gasteiger partial charge in [0, 0.05) is 26.1 Å². The fourth-order valence-corrected chi connectivity index (χ4v) is 3.02. The second kappa shape index (κ2) is 9.04. The third-order valence-corrected chi connectivity index (χ3v) is 4.07. The Morgan fingerprint density at radius 1 is 1.22 bits per heavy atom. The molecule has 0 N–H and O–H groups in total. The van der Waals surface area contributed by atoms with Gasteiger partial charge in [-0.05, 0) is 51.3 Å². The van der Waals surface area contributed by atoms with Gasteiger partial charge in [-0.25, -0.2) is 0 Å². The van der Waals surface area contributed by atoms with Gasteiger partial charge >= 0.3 is 0 Å². The highest BCUT2D eigenvalue weighted by molar-refractivity contribution is 5.75. The predicted octanol–water partition coefficient (Wildman–Crippen LogP) is 3.09. The van der Waals surface area contributed by atoms with Gasteiger partial charge in [0.25, 0.3) is 0 Å². The Bertz CT molecular complexity index is 476. The molecule has 1 aromatic carbocycles. The van der Waals surface area contributed by atoms with Crippen LogP contribution in [0, 0.1) is 0 Å². The monoisotopic (exact) mass is 319 g/mol. The third kappa shape index (κ3) is 6.71. The maximum Gasteiger partial charge on any atom is 0.130 e. The van der Waals surface area contributed by atoms with Crippen molar-refractivity contribution >= 4 is 5.78 Å². The summed E-state index contributed by atoms with van der Waals surface area (Å²) >= 11 is 0. The van der Waals surface area contributed by atoms with Gasteiger partial charge in [-0.2, -0.15) is 0 Å². The Morgan fingerprint density at radius 2 is 1.87 bits per heavy atom. The van der Waals surface area contributed by atoms with Crippen LogP contribution in [0.25, 0.3) is 0 Å². The Balaban J connectivity index is 1.65. The van der Waals surface area contributed by atoms with Crippen LogP contribution < -0.4 is 4.74 Å². The van der Waals surface area contributed by atoms with Crippen molar-refractivity contribution in [1.82, 2.24) is 4.90 Å². The first kappa shape index (κ1) is 18.0. The Morgan fingerprint density at radius 3 is 2.48 bits per heavy atom. The van der Waals surface area contributed by atoms with Crippen molar-refractivity contribution in [3.63, 3.8) is 0 Å². The van der Waals surface area contributed by atoms with E-state index in [1.54, 1.807) is 6.92 Å². The van der Waals surface area contributed by atoms with Crippen LogP contribution in [0.4, 0.5) is 0 Å². The Hall–Kier alpha value is -1.39. The van der Waals surface area contributed by atoms with Gasteiger partial charge in [-0.15, -0.1) is 0 Å².